The molecule has 180 valence electrons. The summed E-state index contributed by atoms with van der Waals surface area (Å²) in [6.45, 7) is 9.49. The van der Waals surface area contributed by atoms with E-state index in [-0.39, 0.29) is 11.8 Å². The van der Waals surface area contributed by atoms with Crippen LogP contribution in [0.4, 0.5) is 0 Å². The average molecular weight is 463 g/mol. The second-order valence-electron chi connectivity index (χ2n) is 11.7. The van der Waals surface area contributed by atoms with Gasteiger partial charge < -0.3 is 10.2 Å². The van der Waals surface area contributed by atoms with E-state index in [4.69, 9.17) is 0 Å². The Balaban J connectivity index is 1.60. The quantitative estimate of drug-likeness (QED) is 0.533. The van der Waals surface area contributed by atoms with E-state index in [9.17, 15) is 18.6 Å². The predicted molar refractivity (Wildman–Crippen MR) is 129 cm³/mol. The Morgan fingerprint density at radius 1 is 1.19 bits per heavy atom. The molecule has 1 heterocycles. The van der Waals surface area contributed by atoms with Crippen LogP contribution in [0.5, 0.6) is 0 Å². The number of allylic oxidation sites excluding steroid dienone is 2. The van der Waals surface area contributed by atoms with Gasteiger partial charge in [-0.3, -0.25) is 0 Å². The lowest BCUT2D eigenvalue weighted by molar-refractivity contribution is 0.0861. The van der Waals surface area contributed by atoms with Gasteiger partial charge in [-0.2, -0.15) is 0 Å². The molecule has 1 aliphatic heterocycles. The van der Waals surface area contributed by atoms with Crippen molar-refractivity contribution >= 4 is 9.84 Å². The van der Waals surface area contributed by atoms with E-state index >= 15 is 0 Å². The van der Waals surface area contributed by atoms with Crippen LogP contribution in [0.25, 0.3) is 0 Å². The summed E-state index contributed by atoms with van der Waals surface area (Å²) >= 11 is 0. The lowest BCUT2D eigenvalue weighted by Gasteiger charge is -2.44. The number of sulfone groups is 1. The number of fused-ring (bicyclic) bond motifs is 2. The van der Waals surface area contributed by atoms with Crippen LogP contribution in [0.1, 0.15) is 91.9 Å². The molecule has 4 aliphatic rings. The van der Waals surface area contributed by atoms with Gasteiger partial charge in [-0.1, -0.05) is 52.5 Å². The van der Waals surface area contributed by atoms with Crippen molar-refractivity contribution in [2.45, 2.75) is 104 Å². The van der Waals surface area contributed by atoms with Crippen molar-refractivity contribution in [3.05, 3.63) is 33.1 Å². The van der Waals surface area contributed by atoms with Crippen LogP contribution in [0, 0.1) is 29.1 Å². The Bertz CT molecular complexity index is 925. The van der Waals surface area contributed by atoms with Crippen LogP contribution < -0.4 is 0 Å². The molecule has 3 fully saturated rings. The third-order valence-corrected chi connectivity index (χ3v) is 10.6. The molecule has 4 rings (SSSR count). The molecule has 4 nitrogen and oxygen atoms in total. The molecular formula is C27H42O4S. The Kier molecular flexibility index (Phi) is 6.84. The summed E-state index contributed by atoms with van der Waals surface area (Å²) in [5, 5.41) is 21.8. The first-order valence-corrected chi connectivity index (χ1v) is 14.3. The fourth-order valence-electron chi connectivity index (χ4n) is 7.39. The maximum absolute atomic E-state index is 13.0. The Labute approximate surface area is 194 Å². The molecule has 0 bridgehead atoms. The topological polar surface area (TPSA) is 74.6 Å². The standard InChI is InChI=1S/C27H42O4S/c1-17(2)7-5-8-18(3)23-10-11-24-19(9-6-12-27(23,24)4)13-26-21-14-20(28)15-25(29)22(21)16-32(26,30)31/h13,16-18,20,23-25,28-29H,5-12,14-15H2,1-4H3/b19-13+/t18-,20-,23-,24+,25+,27-/m1/s1. The first kappa shape index (κ1) is 24.2. The predicted octanol–water partition coefficient (Wildman–Crippen LogP) is 5.67. The third-order valence-electron chi connectivity index (χ3n) is 9.01. The van der Waals surface area contributed by atoms with E-state index in [1.54, 1.807) is 0 Å². The zero-order chi connectivity index (χ0) is 23.3. The van der Waals surface area contributed by atoms with Crippen molar-refractivity contribution in [2.75, 3.05) is 0 Å². The molecule has 0 unspecified atom stereocenters. The van der Waals surface area contributed by atoms with Gasteiger partial charge in [0, 0.05) is 18.2 Å². The lowest BCUT2D eigenvalue weighted by Crippen LogP contribution is -2.36. The largest absolute Gasteiger partial charge is 0.393 e. The van der Waals surface area contributed by atoms with Crippen molar-refractivity contribution in [2.24, 2.45) is 29.1 Å². The van der Waals surface area contributed by atoms with Gasteiger partial charge in [-0.15, -0.1) is 0 Å². The highest BCUT2D eigenvalue weighted by Gasteiger charge is 2.51. The minimum Gasteiger partial charge on any atom is -0.393 e. The maximum atomic E-state index is 13.0. The van der Waals surface area contributed by atoms with Gasteiger partial charge in [-0.05, 0) is 78.4 Å². The van der Waals surface area contributed by atoms with Gasteiger partial charge in [0.25, 0.3) is 0 Å². The summed E-state index contributed by atoms with van der Waals surface area (Å²) in [6, 6.07) is 0. The number of rotatable bonds is 6. The molecule has 3 aliphatic carbocycles. The second-order valence-corrected chi connectivity index (χ2v) is 13.5. The van der Waals surface area contributed by atoms with Gasteiger partial charge in [0.1, 0.15) is 0 Å². The SMILES string of the molecule is CC(C)CCC[C@@H](C)[C@H]1CC[C@H]2/C(=C/C3=C4C[C@@H](O)C[C@H](O)C4=CS3(=O)=O)CCC[C@]12C. The minimum atomic E-state index is -3.55. The molecule has 2 N–H and O–H groups in total. The highest BCUT2D eigenvalue weighted by Crippen LogP contribution is 2.60. The summed E-state index contributed by atoms with van der Waals surface area (Å²) < 4.78 is 26.0. The Hall–Kier alpha value is -0.910. The van der Waals surface area contributed by atoms with E-state index in [0.29, 0.717) is 40.2 Å². The molecule has 0 radical (unpaired) electrons. The number of aliphatic hydroxyl groups excluding tert-OH is 2. The lowest BCUT2D eigenvalue weighted by atomic mass is 9.60. The monoisotopic (exact) mass is 462 g/mol. The molecular weight excluding hydrogens is 420 g/mol. The maximum Gasteiger partial charge on any atom is 0.200 e. The van der Waals surface area contributed by atoms with Crippen molar-refractivity contribution < 1.29 is 18.6 Å². The molecule has 5 heteroatoms. The van der Waals surface area contributed by atoms with Crippen molar-refractivity contribution in [1.29, 1.82) is 0 Å². The van der Waals surface area contributed by atoms with Gasteiger partial charge >= 0.3 is 0 Å². The van der Waals surface area contributed by atoms with Gasteiger partial charge in [0.15, 0.2) is 9.84 Å². The summed E-state index contributed by atoms with van der Waals surface area (Å²) in [5.74, 6) is 2.61. The van der Waals surface area contributed by atoms with Crippen LogP contribution in [-0.4, -0.2) is 30.8 Å². The summed E-state index contributed by atoms with van der Waals surface area (Å²) in [5.41, 5.74) is 2.68. The first-order chi connectivity index (χ1) is 15.0. The molecule has 3 saturated carbocycles. The molecule has 6 atom stereocenters. The van der Waals surface area contributed by atoms with Gasteiger partial charge in [0.05, 0.1) is 17.1 Å². The van der Waals surface area contributed by atoms with Gasteiger partial charge in [-0.25, -0.2) is 8.42 Å². The molecule has 0 spiro atoms. The van der Waals surface area contributed by atoms with E-state index in [0.717, 1.165) is 25.2 Å². The first-order valence-electron chi connectivity index (χ1n) is 12.8. The minimum absolute atomic E-state index is 0.214. The van der Waals surface area contributed by atoms with E-state index in [1.807, 2.05) is 6.08 Å². The number of hydrogen-bond donors (Lipinski definition) is 2. The van der Waals surface area contributed by atoms with E-state index in [1.165, 1.54) is 43.1 Å². The number of hydrogen-bond acceptors (Lipinski definition) is 4. The molecule has 0 aromatic carbocycles. The highest BCUT2D eigenvalue weighted by molar-refractivity contribution is 7.98. The van der Waals surface area contributed by atoms with Crippen LogP contribution in [-0.2, 0) is 9.84 Å². The fraction of sp³-hybridized carbons (Fsp3) is 0.778. The summed E-state index contributed by atoms with van der Waals surface area (Å²) in [6.07, 6.45) is 10.5. The van der Waals surface area contributed by atoms with Crippen LogP contribution in [0.3, 0.4) is 0 Å². The van der Waals surface area contributed by atoms with E-state index < -0.39 is 22.0 Å². The van der Waals surface area contributed by atoms with Crippen molar-refractivity contribution in [3.8, 4) is 0 Å². The smallest absolute Gasteiger partial charge is 0.200 e. The zero-order valence-corrected chi connectivity index (χ0v) is 21.1. The highest BCUT2D eigenvalue weighted by atomic mass is 32.2. The van der Waals surface area contributed by atoms with Crippen molar-refractivity contribution in [1.82, 2.24) is 0 Å². The summed E-state index contributed by atoms with van der Waals surface area (Å²) in [7, 11) is -3.55. The normalized spacial score (nSPS) is 38.7. The molecule has 32 heavy (non-hydrogen) atoms. The Morgan fingerprint density at radius 3 is 2.66 bits per heavy atom. The van der Waals surface area contributed by atoms with Crippen molar-refractivity contribution in [3.63, 3.8) is 0 Å². The van der Waals surface area contributed by atoms with Gasteiger partial charge in [0.2, 0.25) is 0 Å². The fourth-order valence-corrected chi connectivity index (χ4v) is 9.01. The summed E-state index contributed by atoms with van der Waals surface area (Å²) in [4.78, 5) is 0.345. The molecule has 0 aromatic heterocycles. The Morgan fingerprint density at radius 2 is 1.94 bits per heavy atom. The average Bonchev–Trinajstić information content (AvgIpc) is 3.17. The van der Waals surface area contributed by atoms with Crippen LogP contribution in [0.15, 0.2) is 33.1 Å². The molecule has 0 aromatic rings. The molecule has 0 saturated heterocycles. The third kappa shape index (κ3) is 4.42. The zero-order valence-electron chi connectivity index (χ0n) is 20.3. The second kappa shape index (κ2) is 9.03. The number of aliphatic hydroxyl groups is 2. The molecule has 0 amide bonds. The van der Waals surface area contributed by atoms with Crippen LogP contribution >= 0.6 is 0 Å². The van der Waals surface area contributed by atoms with E-state index in [2.05, 4.69) is 27.7 Å². The van der Waals surface area contributed by atoms with Crippen LogP contribution in [0.2, 0.25) is 0 Å².